The minimum absolute atomic E-state index is 0.0295. The maximum absolute atomic E-state index is 15.6. The number of rotatable bonds is 8. The van der Waals surface area contributed by atoms with Crippen LogP contribution in [-0.2, 0) is 0 Å². The molecule has 0 aliphatic heterocycles. The molecule has 1 heterocycles. The van der Waals surface area contributed by atoms with Gasteiger partial charge in [0.15, 0.2) is 58.2 Å². The molecule has 0 bridgehead atoms. The van der Waals surface area contributed by atoms with Crippen molar-refractivity contribution >= 4 is 47.4 Å². The Balaban J connectivity index is 1.63. The van der Waals surface area contributed by atoms with Gasteiger partial charge in [-0.2, -0.15) is 0 Å². The molecule has 0 unspecified atom stereocenters. The lowest BCUT2D eigenvalue weighted by Gasteiger charge is -2.22. The predicted octanol–water partition coefficient (Wildman–Crippen LogP) is 9.00. The number of hydrogen-bond acceptors (Lipinski definition) is 1. The fourth-order valence-electron chi connectivity index (χ4n) is 5.54. The quantitative estimate of drug-likeness (QED) is 0.0508. The Morgan fingerprint density at radius 2 is 0.784 bits per heavy atom. The van der Waals surface area contributed by atoms with Crippen LogP contribution in [0.1, 0.15) is 22.3 Å². The molecule has 1 nitrogen and oxygen atoms in total. The lowest BCUT2D eigenvalue weighted by atomic mass is 9.35. The molecular weight excluding hydrogens is 683 g/mol. The number of pyridine rings is 1. The zero-order valence-electron chi connectivity index (χ0n) is 25.9. The smallest absolute Gasteiger partial charge is 0.256 e. The van der Waals surface area contributed by atoms with Gasteiger partial charge in [-0.15, -0.1) is 0 Å². The van der Waals surface area contributed by atoms with Crippen molar-refractivity contribution in [1.82, 2.24) is 4.98 Å². The van der Waals surface area contributed by atoms with E-state index in [1.54, 1.807) is 54.6 Å². The molecule has 254 valence electrons. The zero-order chi connectivity index (χ0) is 36.4. The van der Waals surface area contributed by atoms with Crippen LogP contribution in [-0.4, -0.2) is 11.7 Å². The second-order valence-corrected chi connectivity index (χ2v) is 11.2. The molecular formula is C39H20BF10N. The highest BCUT2D eigenvalue weighted by Gasteiger charge is 2.41. The minimum atomic E-state index is -2.78. The highest BCUT2D eigenvalue weighted by atomic mass is 19.2. The van der Waals surface area contributed by atoms with E-state index in [4.69, 9.17) is 0 Å². The van der Waals surface area contributed by atoms with Crippen LogP contribution in [0, 0.1) is 58.2 Å². The van der Waals surface area contributed by atoms with Crippen LogP contribution in [0.15, 0.2) is 97.2 Å². The lowest BCUT2D eigenvalue weighted by Crippen LogP contribution is -2.58. The first-order valence-electron chi connectivity index (χ1n) is 15.1. The van der Waals surface area contributed by atoms with Crippen molar-refractivity contribution in [3.63, 3.8) is 0 Å². The number of hydrogen-bond donors (Lipinski definition) is 0. The molecule has 51 heavy (non-hydrogen) atoms. The molecule has 0 aliphatic carbocycles. The fourth-order valence-corrected chi connectivity index (χ4v) is 5.54. The van der Waals surface area contributed by atoms with Gasteiger partial charge in [-0.05, 0) is 33.9 Å². The van der Waals surface area contributed by atoms with E-state index in [9.17, 15) is 26.3 Å². The van der Waals surface area contributed by atoms with Gasteiger partial charge < -0.3 is 0 Å². The van der Waals surface area contributed by atoms with Crippen molar-refractivity contribution < 1.29 is 43.9 Å². The van der Waals surface area contributed by atoms with Crippen LogP contribution in [0.3, 0.4) is 0 Å². The second-order valence-electron chi connectivity index (χ2n) is 11.2. The summed E-state index contributed by atoms with van der Waals surface area (Å²) in [5, 5.41) is 0. The van der Waals surface area contributed by atoms with Gasteiger partial charge in [-0.3, -0.25) is 4.98 Å². The van der Waals surface area contributed by atoms with Crippen LogP contribution in [0.5, 0.6) is 0 Å². The summed E-state index contributed by atoms with van der Waals surface area (Å²) in [5.74, 6) is -25.3. The number of nitrogens with zero attached hydrogens (tertiary/aromatic N) is 1. The Labute approximate surface area is 284 Å². The van der Waals surface area contributed by atoms with Crippen LogP contribution < -0.4 is 16.4 Å². The van der Waals surface area contributed by atoms with E-state index < -0.39 is 81.3 Å². The van der Waals surface area contributed by atoms with Crippen LogP contribution >= 0.6 is 0 Å². The third-order valence-electron chi connectivity index (χ3n) is 8.05. The predicted molar refractivity (Wildman–Crippen MR) is 178 cm³/mol. The van der Waals surface area contributed by atoms with Crippen molar-refractivity contribution in [1.29, 1.82) is 0 Å². The summed E-state index contributed by atoms with van der Waals surface area (Å²) in [6.45, 7) is -2.78. The molecule has 5 aromatic carbocycles. The van der Waals surface area contributed by atoms with Crippen LogP contribution in [0.4, 0.5) is 43.9 Å². The van der Waals surface area contributed by atoms with Gasteiger partial charge in [-0.1, -0.05) is 115 Å². The normalized spacial score (nSPS) is 11.6. The maximum atomic E-state index is 15.6. The monoisotopic (exact) mass is 703 g/mol. The largest absolute Gasteiger partial charge is 0.258 e. The summed E-state index contributed by atoms with van der Waals surface area (Å²) < 4.78 is 149. The SMILES string of the molecule is Fc1c(F)c(F)c(B(c2cc(/C=C\c3ccccc3)ccc2-c2ccc(/C=C/c3ccccc3)cn2)c2c(F)c(F)c(F)c(F)c2F)c(F)c1F. The number of aromatic nitrogens is 1. The molecule has 0 atom stereocenters. The van der Waals surface area contributed by atoms with E-state index in [0.29, 0.717) is 11.1 Å². The molecule has 0 aliphatic rings. The van der Waals surface area contributed by atoms with Gasteiger partial charge in [0.25, 0.3) is 6.71 Å². The molecule has 0 N–H and O–H groups in total. The first-order chi connectivity index (χ1) is 24.5. The summed E-state index contributed by atoms with van der Waals surface area (Å²) in [7, 11) is 0. The van der Waals surface area contributed by atoms with Crippen LogP contribution in [0.25, 0.3) is 35.6 Å². The summed E-state index contributed by atoms with van der Waals surface area (Å²) in [5.41, 5.74) is -2.24. The Bertz CT molecular complexity index is 2180. The summed E-state index contributed by atoms with van der Waals surface area (Å²) >= 11 is 0. The van der Waals surface area contributed by atoms with Gasteiger partial charge in [0.2, 0.25) is 0 Å². The summed E-state index contributed by atoms with van der Waals surface area (Å²) in [6.07, 6.45) is 7.89. The lowest BCUT2D eigenvalue weighted by molar-refractivity contribution is 0.382. The van der Waals surface area contributed by atoms with E-state index in [-0.39, 0.29) is 16.8 Å². The van der Waals surface area contributed by atoms with E-state index in [1.807, 2.05) is 30.3 Å². The van der Waals surface area contributed by atoms with Crippen molar-refractivity contribution in [3.05, 3.63) is 178 Å². The number of benzene rings is 5. The fraction of sp³-hybridized carbons (Fsp3) is 0. The third-order valence-corrected chi connectivity index (χ3v) is 8.05. The maximum Gasteiger partial charge on any atom is 0.258 e. The van der Waals surface area contributed by atoms with E-state index in [1.165, 1.54) is 30.5 Å². The van der Waals surface area contributed by atoms with Gasteiger partial charge in [0.1, 0.15) is 0 Å². The minimum Gasteiger partial charge on any atom is -0.256 e. The molecule has 0 saturated heterocycles. The van der Waals surface area contributed by atoms with Gasteiger partial charge >= 0.3 is 0 Å². The van der Waals surface area contributed by atoms with Crippen molar-refractivity contribution in [3.8, 4) is 11.3 Å². The van der Waals surface area contributed by atoms with Gasteiger partial charge in [0, 0.05) is 17.1 Å². The van der Waals surface area contributed by atoms with Gasteiger partial charge in [0.05, 0.1) is 5.69 Å². The Kier molecular flexibility index (Phi) is 9.95. The molecule has 12 heteroatoms. The highest BCUT2D eigenvalue weighted by molar-refractivity contribution is 6.96. The summed E-state index contributed by atoms with van der Waals surface area (Å²) in [6, 6.07) is 24.6. The first kappa shape index (κ1) is 34.9. The molecule has 0 spiro atoms. The molecule has 0 saturated carbocycles. The average Bonchev–Trinajstić information content (AvgIpc) is 3.16. The summed E-state index contributed by atoms with van der Waals surface area (Å²) in [4.78, 5) is 4.34. The van der Waals surface area contributed by atoms with Gasteiger partial charge in [-0.25, -0.2) is 43.9 Å². The molecule has 6 aromatic rings. The Hall–Kier alpha value is -5.91. The molecule has 0 radical (unpaired) electrons. The second kappa shape index (κ2) is 14.5. The third kappa shape index (κ3) is 6.81. The molecule has 0 amide bonds. The Morgan fingerprint density at radius 3 is 1.22 bits per heavy atom. The zero-order valence-corrected chi connectivity index (χ0v) is 25.9. The van der Waals surface area contributed by atoms with Crippen molar-refractivity contribution in [2.24, 2.45) is 0 Å². The molecule has 0 fully saturated rings. The van der Waals surface area contributed by atoms with E-state index in [0.717, 1.165) is 11.6 Å². The van der Waals surface area contributed by atoms with Crippen molar-refractivity contribution in [2.45, 2.75) is 0 Å². The Morgan fingerprint density at radius 1 is 0.392 bits per heavy atom. The number of halogens is 10. The standard InChI is InChI=1S/C39H20BF10N/c41-30-28(31(42)35(46)38(49)34(30)45)40(29-32(43)36(47)39(50)37(48)33(29)44)26-19-23(13-11-21-7-3-1-4-8-21)15-17-25(26)27-18-16-24(20-51-27)14-12-22-9-5-2-6-10-22/h1-20H/b13-11-,14-12+. The highest BCUT2D eigenvalue weighted by Crippen LogP contribution is 2.25. The van der Waals surface area contributed by atoms with Crippen LogP contribution in [0.2, 0.25) is 0 Å². The van der Waals surface area contributed by atoms with E-state index >= 15 is 17.6 Å². The van der Waals surface area contributed by atoms with E-state index in [2.05, 4.69) is 4.98 Å². The molecule has 6 rings (SSSR count). The first-order valence-corrected chi connectivity index (χ1v) is 15.1. The van der Waals surface area contributed by atoms with Crippen molar-refractivity contribution in [2.75, 3.05) is 0 Å². The average molecular weight is 703 g/mol. The molecule has 1 aromatic heterocycles. The topological polar surface area (TPSA) is 12.9 Å².